The van der Waals surface area contributed by atoms with Crippen LogP contribution in [0, 0.1) is 0 Å². The van der Waals surface area contributed by atoms with Crippen LogP contribution in [0.15, 0.2) is 54.9 Å². The minimum absolute atomic E-state index is 0.274. The summed E-state index contributed by atoms with van der Waals surface area (Å²) in [6, 6.07) is 14.7. The summed E-state index contributed by atoms with van der Waals surface area (Å²) in [6.07, 6.45) is 1.37. The highest BCUT2D eigenvalue weighted by Gasteiger charge is 2.16. The molecule has 6 nitrogen and oxygen atoms in total. The Labute approximate surface area is 185 Å². The van der Waals surface area contributed by atoms with Crippen LogP contribution in [0.3, 0.4) is 0 Å². The molecule has 1 saturated heterocycles. The van der Waals surface area contributed by atoms with E-state index in [0.29, 0.717) is 15.7 Å². The molecule has 1 aliphatic rings. The molecule has 4 rings (SSSR count). The number of rotatable bonds is 4. The fraction of sp³-hybridized carbons (Fsp3) is 0.227. The fourth-order valence-corrected chi connectivity index (χ4v) is 3.63. The summed E-state index contributed by atoms with van der Waals surface area (Å²) in [5.41, 5.74) is 3.46. The summed E-state index contributed by atoms with van der Waals surface area (Å²) in [4.78, 5) is 25.8. The van der Waals surface area contributed by atoms with Gasteiger partial charge in [0.2, 0.25) is 0 Å². The van der Waals surface area contributed by atoms with E-state index in [4.69, 9.17) is 23.2 Å². The third-order valence-electron chi connectivity index (χ3n) is 5.09. The zero-order valence-electron chi connectivity index (χ0n) is 16.5. The van der Waals surface area contributed by atoms with E-state index in [0.717, 1.165) is 43.1 Å². The maximum atomic E-state index is 12.8. The fourth-order valence-electron chi connectivity index (χ4n) is 3.33. The molecule has 30 heavy (non-hydrogen) atoms. The number of carbonyl (C=O) groups is 1. The summed E-state index contributed by atoms with van der Waals surface area (Å²) in [5.74, 6) is -0.297. The molecule has 1 amide bonds. The number of amides is 1. The van der Waals surface area contributed by atoms with Crippen LogP contribution in [-0.4, -0.2) is 54.0 Å². The highest BCUT2D eigenvalue weighted by Crippen LogP contribution is 2.28. The molecular weight excluding hydrogens is 421 g/mol. The average Bonchev–Trinajstić information content (AvgIpc) is 2.76. The summed E-state index contributed by atoms with van der Waals surface area (Å²) in [5, 5.41) is 3.83. The lowest BCUT2D eigenvalue weighted by Gasteiger charge is -2.34. The van der Waals surface area contributed by atoms with Gasteiger partial charge in [-0.2, -0.15) is 0 Å². The molecule has 0 radical (unpaired) electrons. The van der Waals surface area contributed by atoms with Crippen LogP contribution in [-0.2, 0) is 0 Å². The van der Waals surface area contributed by atoms with Crippen LogP contribution < -0.4 is 10.2 Å². The summed E-state index contributed by atoms with van der Waals surface area (Å²) in [6.45, 7) is 3.98. The number of hydrogen-bond acceptors (Lipinski definition) is 5. The number of anilines is 2. The van der Waals surface area contributed by atoms with Crippen molar-refractivity contribution in [3.63, 3.8) is 0 Å². The normalized spacial score (nSPS) is 14.6. The number of nitrogens with one attached hydrogen (secondary N) is 1. The SMILES string of the molecule is CN1CCN(c2cccc(NC(=O)c3cc(-c4ccc(Cl)c(Cl)c4)ncn3)c2)CC1. The standard InChI is InChI=1S/C22H21Cl2N5O/c1-28-7-9-29(10-8-28)17-4-2-3-16(12-17)27-22(30)21-13-20(25-14-26-21)15-5-6-18(23)19(24)11-15/h2-6,11-14H,7-10H2,1H3,(H,27,30). The number of nitrogens with zero attached hydrogens (tertiary/aromatic N) is 4. The first kappa shape index (κ1) is 20.6. The second-order valence-corrected chi connectivity index (χ2v) is 8.03. The van der Waals surface area contributed by atoms with Gasteiger partial charge in [-0.25, -0.2) is 9.97 Å². The van der Waals surface area contributed by atoms with E-state index in [1.807, 2.05) is 18.2 Å². The Morgan fingerprint density at radius 3 is 2.53 bits per heavy atom. The van der Waals surface area contributed by atoms with Gasteiger partial charge in [0.25, 0.3) is 5.91 Å². The van der Waals surface area contributed by atoms with E-state index in [9.17, 15) is 4.79 Å². The van der Waals surface area contributed by atoms with Gasteiger partial charge in [0, 0.05) is 43.1 Å². The van der Waals surface area contributed by atoms with Gasteiger partial charge in [-0.1, -0.05) is 35.3 Å². The zero-order chi connectivity index (χ0) is 21.1. The van der Waals surface area contributed by atoms with Crippen molar-refractivity contribution in [1.82, 2.24) is 14.9 Å². The summed E-state index contributed by atoms with van der Waals surface area (Å²) < 4.78 is 0. The zero-order valence-corrected chi connectivity index (χ0v) is 18.0. The van der Waals surface area contributed by atoms with Crippen LogP contribution in [0.4, 0.5) is 11.4 Å². The Kier molecular flexibility index (Phi) is 6.18. The number of hydrogen-bond donors (Lipinski definition) is 1. The van der Waals surface area contributed by atoms with Gasteiger partial charge in [0.05, 0.1) is 15.7 Å². The first-order chi connectivity index (χ1) is 14.5. The largest absolute Gasteiger partial charge is 0.369 e. The van der Waals surface area contributed by atoms with Crippen LogP contribution in [0.25, 0.3) is 11.3 Å². The number of carbonyl (C=O) groups excluding carboxylic acids is 1. The minimum atomic E-state index is -0.297. The molecular formula is C22H21Cl2N5O. The van der Waals surface area contributed by atoms with Crippen molar-refractivity contribution in [3.05, 3.63) is 70.6 Å². The topological polar surface area (TPSA) is 61.4 Å². The van der Waals surface area contributed by atoms with Crippen molar-refractivity contribution >= 4 is 40.5 Å². The first-order valence-electron chi connectivity index (χ1n) is 9.62. The molecule has 1 aromatic heterocycles. The summed E-state index contributed by atoms with van der Waals surface area (Å²) in [7, 11) is 2.13. The predicted molar refractivity (Wildman–Crippen MR) is 122 cm³/mol. The monoisotopic (exact) mass is 441 g/mol. The Hall–Kier alpha value is -2.67. The Morgan fingerprint density at radius 1 is 0.967 bits per heavy atom. The highest BCUT2D eigenvalue weighted by atomic mass is 35.5. The third kappa shape index (κ3) is 4.73. The second kappa shape index (κ2) is 9.00. The van der Waals surface area contributed by atoms with Crippen molar-refractivity contribution in [2.24, 2.45) is 0 Å². The lowest BCUT2D eigenvalue weighted by molar-refractivity contribution is 0.102. The Balaban J connectivity index is 1.50. The van der Waals surface area contributed by atoms with E-state index in [2.05, 4.69) is 38.2 Å². The molecule has 2 aromatic carbocycles. The maximum Gasteiger partial charge on any atom is 0.274 e. The van der Waals surface area contributed by atoms with Crippen LogP contribution in [0.1, 0.15) is 10.5 Å². The summed E-state index contributed by atoms with van der Waals surface area (Å²) >= 11 is 12.1. The smallest absolute Gasteiger partial charge is 0.274 e. The number of likely N-dealkylation sites (N-methyl/N-ethyl adjacent to an activating group) is 1. The Bertz CT molecular complexity index is 1070. The van der Waals surface area contributed by atoms with Gasteiger partial charge < -0.3 is 15.1 Å². The molecule has 1 fully saturated rings. The molecule has 0 saturated carbocycles. The number of aromatic nitrogens is 2. The lowest BCUT2D eigenvalue weighted by atomic mass is 10.1. The van der Waals surface area contributed by atoms with E-state index in [1.165, 1.54) is 6.33 Å². The van der Waals surface area contributed by atoms with Crippen LogP contribution in [0.2, 0.25) is 10.0 Å². The maximum absolute atomic E-state index is 12.8. The lowest BCUT2D eigenvalue weighted by Crippen LogP contribution is -2.44. The Morgan fingerprint density at radius 2 is 1.77 bits per heavy atom. The molecule has 3 aromatic rings. The van der Waals surface area contributed by atoms with E-state index in [-0.39, 0.29) is 11.6 Å². The third-order valence-corrected chi connectivity index (χ3v) is 5.83. The quantitative estimate of drug-likeness (QED) is 0.647. The molecule has 1 N–H and O–H groups in total. The van der Waals surface area contributed by atoms with Crippen molar-refractivity contribution in [2.75, 3.05) is 43.4 Å². The molecule has 8 heteroatoms. The molecule has 154 valence electrons. The van der Waals surface area contributed by atoms with Gasteiger partial charge in [0.1, 0.15) is 12.0 Å². The first-order valence-corrected chi connectivity index (χ1v) is 10.4. The van der Waals surface area contributed by atoms with Gasteiger partial charge >= 0.3 is 0 Å². The molecule has 0 aliphatic carbocycles. The van der Waals surface area contributed by atoms with Gasteiger partial charge in [-0.3, -0.25) is 4.79 Å². The second-order valence-electron chi connectivity index (χ2n) is 7.21. The van der Waals surface area contributed by atoms with Crippen molar-refractivity contribution in [3.8, 4) is 11.3 Å². The molecule has 0 bridgehead atoms. The number of halogens is 2. The highest BCUT2D eigenvalue weighted by molar-refractivity contribution is 6.42. The van der Waals surface area contributed by atoms with Crippen LogP contribution >= 0.6 is 23.2 Å². The number of piperazine rings is 1. The van der Waals surface area contributed by atoms with Crippen molar-refractivity contribution < 1.29 is 4.79 Å². The van der Waals surface area contributed by atoms with E-state index < -0.39 is 0 Å². The van der Waals surface area contributed by atoms with E-state index in [1.54, 1.807) is 24.3 Å². The van der Waals surface area contributed by atoms with Gasteiger partial charge in [0.15, 0.2) is 0 Å². The average molecular weight is 442 g/mol. The van der Waals surface area contributed by atoms with E-state index >= 15 is 0 Å². The number of benzene rings is 2. The molecule has 0 unspecified atom stereocenters. The van der Waals surface area contributed by atoms with Gasteiger partial charge in [-0.05, 0) is 43.4 Å². The molecule has 2 heterocycles. The van der Waals surface area contributed by atoms with Crippen LogP contribution in [0.5, 0.6) is 0 Å². The van der Waals surface area contributed by atoms with Crippen molar-refractivity contribution in [1.29, 1.82) is 0 Å². The molecule has 0 spiro atoms. The molecule has 0 atom stereocenters. The minimum Gasteiger partial charge on any atom is -0.369 e. The van der Waals surface area contributed by atoms with Crippen molar-refractivity contribution in [2.45, 2.75) is 0 Å². The predicted octanol–water partition coefficient (Wildman–Crippen LogP) is 4.45. The molecule has 1 aliphatic heterocycles. The van der Waals surface area contributed by atoms with Gasteiger partial charge in [-0.15, -0.1) is 0 Å².